The third kappa shape index (κ3) is 1.26. The third-order valence-electron chi connectivity index (χ3n) is 1.80. The molecule has 0 amide bonds. The summed E-state index contributed by atoms with van der Waals surface area (Å²) in [6.45, 7) is 0. The molecule has 0 aliphatic rings. The highest BCUT2D eigenvalue weighted by Crippen LogP contribution is 2.22. The van der Waals surface area contributed by atoms with Gasteiger partial charge in [0.05, 0.1) is 4.92 Å². The van der Waals surface area contributed by atoms with E-state index in [-0.39, 0.29) is 5.69 Å². The zero-order valence-electron chi connectivity index (χ0n) is 7.35. The molecule has 0 spiro atoms. The average Bonchev–Trinajstić information content (AvgIpc) is 2.58. The predicted molar refractivity (Wildman–Crippen MR) is 50.2 cm³/mol. The number of fused-ring (bicyclic) bond motifs is 1. The molecule has 2 aromatic rings. The number of benzene rings is 1. The maximum Gasteiger partial charge on any atom is 0.295 e. The van der Waals surface area contributed by atoms with Crippen molar-refractivity contribution in [1.29, 1.82) is 0 Å². The van der Waals surface area contributed by atoms with Crippen molar-refractivity contribution in [3.8, 4) is 0 Å². The number of anilines is 1. The van der Waals surface area contributed by atoms with Crippen molar-refractivity contribution in [1.82, 2.24) is 4.98 Å². The minimum atomic E-state index is -0.465. The number of hydrogen-bond acceptors (Lipinski definition) is 5. The quantitative estimate of drug-likeness (QED) is 0.580. The number of nitrogens with one attached hydrogen (secondary N) is 1. The lowest BCUT2D eigenvalue weighted by molar-refractivity contribution is -0.384. The first kappa shape index (κ1) is 8.49. The molecule has 0 saturated heterocycles. The molecule has 0 radical (unpaired) electrons. The van der Waals surface area contributed by atoms with Crippen molar-refractivity contribution >= 4 is 22.8 Å². The fourth-order valence-corrected chi connectivity index (χ4v) is 1.14. The van der Waals surface area contributed by atoms with E-state index in [2.05, 4.69) is 10.3 Å². The Labute approximate surface area is 78.7 Å². The molecule has 0 unspecified atom stereocenters. The monoisotopic (exact) mass is 193 g/mol. The SMILES string of the molecule is CNc1nc2cc([N+](=O)[O-])ccc2o1. The third-order valence-corrected chi connectivity index (χ3v) is 1.80. The van der Waals surface area contributed by atoms with Crippen LogP contribution in [0.15, 0.2) is 22.6 Å². The number of hydrogen-bond donors (Lipinski definition) is 1. The van der Waals surface area contributed by atoms with E-state index in [1.165, 1.54) is 18.2 Å². The van der Waals surface area contributed by atoms with Gasteiger partial charge in [0, 0.05) is 19.2 Å². The zero-order chi connectivity index (χ0) is 10.1. The molecule has 0 bridgehead atoms. The summed E-state index contributed by atoms with van der Waals surface area (Å²) in [6, 6.07) is 4.63. The van der Waals surface area contributed by atoms with E-state index in [1.807, 2.05) is 0 Å². The molecule has 0 fully saturated rings. The molecule has 14 heavy (non-hydrogen) atoms. The van der Waals surface area contributed by atoms with Gasteiger partial charge in [-0.15, -0.1) is 0 Å². The van der Waals surface area contributed by atoms with Crippen LogP contribution < -0.4 is 5.32 Å². The highest BCUT2D eigenvalue weighted by atomic mass is 16.6. The molecule has 6 heteroatoms. The van der Waals surface area contributed by atoms with Crippen LogP contribution >= 0.6 is 0 Å². The summed E-state index contributed by atoms with van der Waals surface area (Å²) in [7, 11) is 1.67. The summed E-state index contributed by atoms with van der Waals surface area (Å²) in [6.07, 6.45) is 0. The van der Waals surface area contributed by atoms with Gasteiger partial charge in [-0.3, -0.25) is 10.1 Å². The van der Waals surface area contributed by atoms with Gasteiger partial charge in [0.25, 0.3) is 11.7 Å². The van der Waals surface area contributed by atoms with Crippen LogP contribution in [0, 0.1) is 10.1 Å². The maximum absolute atomic E-state index is 10.5. The zero-order valence-corrected chi connectivity index (χ0v) is 7.35. The summed E-state index contributed by atoms with van der Waals surface area (Å²) in [5, 5.41) is 13.2. The molecule has 1 heterocycles. The minimum absolute atomic E-state index is 0.00783. The molecular weight excluding hydrogens is 186 g/mol. The summed E-state index contributed by atoms with van der Waals surface area (Å²) in [5.41, 5.74) is 1.01. The summed E-state index contributed by atoms with van der Waals surface area (Å²) >= 11 is 0. The molecule has 0 aliphatic heterocycles. The summed E-state index contributed by atoms with van der Waals surface area (Å²) in [5.74, 6) is 0. The number of nitro groups is 1. The van der Waals surface area contributed by atoms with Gasteiger partial charge in [0.1, 0.15) is 5.52 Å². The number of rotatable bonds is 2. The van der Waals surface area contributed by atoms with E-state index in [1.54, 1.807) is 7.05 Å². The van der Waals surface area contributed by atoms with Gasteiger partial charge < -0.3 is 9.73 Å². The van der Waals surface area contributed by atoms with E-state index in [4.69, 9.17) is 4.42 Å². The van der Waals surface area contributed by atoms with Crippen molar-refractivity contribution in [2.45, 2.75) is 0 Å². The van der Waals surface area contributed by atoms with Crippen LogP contribution in [0.25, 0.3) is 11.1 Å². The van der Waals surface area contributed by atoms with Gasteiger partial charge in [0.2, 0.25) is 0 Å². The minimum Gasteiger partial charge on any atom is -0.424 e. The van der Waals surface area contributed by atoms with Crippen LogP contribution in [0.4, 0.5) is 11.7 Å². The number of oxazole rings is 1. The Morgan fingerprint density at radius 1 is 1.57 bits per heavy atom. The normalized spacial score (nSPS) is 10.4. The van der Waals surface area contributed by atoms with Crippen LogP contribution in [-0.2, 0) is 0 Å². The fraction of sp³-hybridized carbons (Fsp3) is 0.125. The first-order valence-corrected chi connectivity index (χ1v) is 3.93. The van der Waals surface area contributed by atoms with Crippen LogP contribution in [0.5, 0.6) is 0 Å². The standard InChI is InChI=1S/C8H7N3O3/c1-9-8-10-6-4-5(11(12)13)2-3-7(6)14-8/h2-4H,1H3,(H,9,10). The molecule has 1 N–H and O–H groups in total. The van der Waals surface area contributed by atoms with E-state index in [0.717, 1.165) is 0 Å². The van der Waals surface area contributed by atoms with Crippen molar-refractivity contribution in [3.05, 3.63) is 28.3 Å². The summed E-state index contributed by atoms with van der Waals surface area (Å²) in [4.78, 5) is 14.0. The number of aromatic nitrogens is 1. The molecule has 0 saturated carbocycles. The molecular formula is C8H7N3O3. The Hall–Kier alpha value is -2.11. The van der Waals surface area contributed by atoms with Crippen LogP contribution in [0.2, 0.25) is 0 Å². The van der Waals surface area contributed by atoms with E-state index < -0.39 is 4.92 Å². The Morgan fingerprint density at radius 3 is 3.00 bits per heavy atom. The van der Waals surface area contributed by atoms with Crippen LogP contribution in [0.1, 0.15) is 0 Å². The van der Waals surface area contributed by atoms with Gasteiger partial charge in [-0.1, -0.05) is 0 Å². The second kappa shape index (κ2) is 2.99. The van der Waals surface area contributed by atoms with E-state index >= 15 is 0 Å². The second-order valence-electron chi connectivity index (χ2n) is 2.68. The lowest BCUT2D eigenvalue weighted by Gasteiger charge is -1.88. The van der Waals surface area contributed by atoms with Gasteiger partial charge in [-0.05, 0) is 6.07 Å². The topological polar surface area (TPSA) is 81.2 Å². The number of nitrogens with zero attached hydrogens (tertiary/aromatic N) is 2. The van der Waals surface area contributed by atoms with Crippen LogP contribution in [-0.4, -0.2) is 17.0 Å². The maximum atomic E-state index is 10.5. The van der Waals surface area contributed by atoms with Gasteiger partial charge >= 0.3 is 0 Å². The Bertz CT molecular complexity index is 492. The molecule has 0 atom stereocenters. The lowest BCUT2D eigenvalue weighted by Crippen LogP contribution is -1.87. The number of nitro benzene ring substituents is 1. The predicted octanol–water partition coefficient (Wildman–Crippen LogP) is 1.78. The smallest absolute Gasteiger partial charge is 0.295 e. The fourth-order valence-electron chi connectivity index (χ4n) is 1.14. The molecule has 1 aromatic heterocycles. The van der Waals surface area contributed by atoms with Crippen LogP contribution in [0.3, 0.4) is 0 Å². The second-order valence-corrected chi connectivity index (χ2v) is 2.68. The van der Waals surface area contributed by atoms with Gasteiger partial charge in [-0.25, -0.2) is 0 Å². The molecule has 6 nitrogen and oxygen atoms in total. The van der Waals surface area contributed by atoms with Crippen molar-refractivity contribution in [2.24, 2.45) is 0 Å². The highest BCUT2D eigenvalue weighted by Gasteiger charge is 2.10. The number of non-ortho nitro benzene ring substituents is 1. The Balaban J connectivity index is 2.59. The van der Waals surface area contributed by atoms with Crippen molar-refractivity contribution in [3.63, 3.8) is 0 Å². The molecule has 2 rings (SSSR count). The lowest BCUT2D eigenvalue weighted by atomic mass is 10.3. The largest absolute Gasteiger partial charge is 0.424 e. The first-order valence-electron chi connectivity index (χ1n) is 3.93. The van der Waals surface area contributed by atoms with Crippen molar-refractivity contribution < 1.29 is 9.34 Å². The Morgan fingerprint density at radius 2 is 2.36 bits per heavy atom. The molecule has 0 aliphatic carbocycles. The van der Waals surface area contributed by atoms with E-state index in [9.17, 15) is 10.1 Å². The Kier molecular flexibility index (Phi) is 1.81. The average molecular weight is 193 g/mol. The highest BCUT2D eigenvalue weighted by molar-refractivity contribution is 5.77. The van der Waals surface area contributed by atoms with Gasteiger partial charge in [0.15, 0.2) is 5.58 Å². The van der Waals surface area contributed by atoms with E-state index in [0.29, 0.717) is 17.1 Å². The first-order chi connectivity index (χ1) is 6.70. The molecule has 1 aromatic carbocycles. The van der Waals surface area contributed by atoms with Crippen molar-refractivity contribution in [2.75, 3.05) is 12.4 Å². The summed E-state index contributed by atoms with van der Waals surface area (Å²) < 4.78 is 5.21. The van der Waals surface area contributed by atoms with Gasteiger partial charge in [-0.2, -0.15) is 4.98 Å². The molecule has 72 valence electrons.